The van der Waals surface area contributed by atoms with E-state index in [1.165, 1.54) is 0 Å². The number of rotatable bonds is 2. The highest BCUT2D eigenvalue weighted by Gasteiger charge is 2.14. The molecule has 0 aromatic carbocycles. The average Bonchev–Trinajstić information content (AvgIpc) is 1.83. The fraction of sp³-hybridized carbons (Fsp3) is 1.00. The molecule has 14 heavy (non-hydrogen) atoms. The summed E-state index contributed by atoms with van der Waals surface area (Å²) < 4.78 is 0. The zero-order valence-electron chi connectivity index (χ0n) is 12.2. The van der Waals surface area contributed by atoms with Crippen LogP contribution in [0.5, 0.6) is 0 Å². The van der Waals surface area contributed by atoms with Gasteiger partial charge in [-0.25, -0.2) is 0 Å². The Morgan fingerprint density at radius 2 is 0.714 bits per heavy atom. The average molecular weight is 196 g/mol. The van der Waals surface area contributed by atoms with Crippen molar-refractivity contribution in [3.8, 4) is 0 Å². The maximum atomic E-state index is 2.26. The van der Waals surface area contributed by atoms with Crippen molar-refractivity contribution in [3.05, 3.63) is 0 Å². The van der Waals surface area contributed by atoms with E-state index < -0.39 is 0 Å². The molecule has 0 rings (SSSR count). The Morgan fingerprint density at radius 3 is 0.714 bits per heavy atom. The Labute approximate surface area is 94.1 Å². The van der Waals surface area contributed by atoms with Crippen LogP contribution in [0.25, 0.3) is 0 Å². The van der Waals surface area contributed by atoms with Crippen molar-refractivity contribution in [1.82, 2.24) is 0 Å². The smallest absolute Gasteiger partial charge is 0.0670 e. The predicted molar refractivity (Wildman–Crippen MR) is 74.8 cm³/mol. The van der Waals surface area contributed by atoms with Gasteiger partial charge in [0.15, 0.2) is 0 Å². The topological polar surface area (TPSA) is 0 Å². The van der Waals surface area contributed by atoms with E-state index in [2.05, 4.69) is 71.1 Å². The molecule has 0 radical (unpaired) electrons. The lowest BCUT2D eigenvalue weighted by Gasteiger charge is -2.22. The van der Waals surface area contributed by atoms with Crippen LogP contribution >= 0.6 is 0 Å². The van der Waals surface area contributed by atoms with Crippen LogP contribution in [0.4, 0.5) is 0 Å². The van der Waals surface area contributed by atoms with Gasteiger partial charge in [-0.3, -0.25) is 0 Å². The first-order valence-corrected chi connectivity index (χ1v) is 5.89. The summed E-state index contributed by atoms with van der Waals surface area (Å²) in [6.07, 6.45) is 0. The summed E-state index contributed by atoms with van der Waals surface area (Å²) in [5.41, 5.74) is 0. The molecule has 0 aromatic rings. The number of hydrogen-bond acceptors (Lipinski definition) is 0. The minimum absolute atomic E-state index is 0.500. The molecule has 0 aliphatic rings. The van der Waals surface area contributed by atoms with Gasteiger partial charge in [-0.15, -0.1) is 0 Å². The maximum absolute atomic E-state index is 2.26. The van der Waals surface area contributed by atoms with Gasteiger partial charge in [0.05, 0.1) is 0 Å². The molecule has 2 heteroatoms. The first-order valence-electron chi connectivity index (χ1n) is 5.89. The highest BCUT2D eigenvalue weighted by Crippen LogP contribution is 2.29. The van der Waals surface area contributed by atoms with Crippen molar-refractivity contribution < 1.29 is 0 Å². The van der Waals surface area contributed by atoms with E-state index in [0.29, 0.717) is 10.6 Å². The van der Waals surface area contributed by atoms with E-state index in [1.54, 1.807) is 0 Å². The maximum Gasteiger partial charge on any atom is 0.109 e. The molecule has 0 aromatic heterocycles. The van der Waals surface area contributed by atoms with Crippen LogP contribution in [0.3, 0.4) is 0 Å². The highest BCUT2D eigenvalue weighted by atomic mass is 14.1. The lowest BCUT2D eigenvalue weighted by atomic mass is 9.65. The predicted octanol–water partition coefficient (Wildman–Crippen LogP) is 2.95. The van der Waals surface area contributed by atoms with Crippen molar-refractivity contribution in [3.63, 3.8) is 0 Å². The van der Waals surface area contributed by atoms with Gasteiger partial charge in [0.1, 0.15) is 15.7 Å². The fourth-order valence-corrected chi connectivity index (χ4v) is 0. The Kier molecular flexibility index (Phi) is 6.95. The molecule has 0 saturated carbocycles. The van der Waals surface area contributed by atoms with E-state index in [9.17, 15) is 0 Å². The molecule has 0 N–H and O–H groups in total. The first kappa shape index (κ1) is 16.6. The lowest BCUT2D eigenvalue weighted by molar-refractivity contribution is 0.480. The van der Waals surface area contributed by atoms with Crippen molar-refractivity contribution in [2.24, 2.45) is 11.8 Å². The van der Waals surface area contributed by atoms with Gasteiger partial charge in [-0.1, -0.05) is 66.0 Å². The largest absolute Gasteiger partial charge is 0.109 e. The molecular weight excluding hydrogens is 166 g/mol. The van der Waals surface area contributed by atoms with Crippen LogP contribution in [-0.4, -0.2) is 15.7 Å². The summed E-state index contributed by atoms with van der Waals surface area (Å²) in [5.74, 6) is 1.60. The van der Waals surface area contributed by atoms with Crippen LogP contribution in [0.15, 0.2) is 0 Å². The third-order valence-electron chi connectivity index (χ3n) is 3.46. The van der Waals surface area contributed by atoms with Gasteiger partial charge >= 0.3 is 0 Å². The molecule has 0 aliphatic carbocycles. The molecule has 0 atom stereocenters. The summed E-state index contributed by atoms with van der Waals surface area (Å²) >= 11 is 0. The summed E-state index contributed by atoms with van der Waals surface area (Å²) in [6.45, 7) is 18.0. The van der Waals surface area contributed by atoms with Crippen LogP contribution in [0.1, 0.15) is 55.4 Å². The summed E-state index contributed by atoms with van der Waals surface area (Å²) in [4.78, 5) is 0. The second kappa shape index (κ2) is 5.88. The van der Waals surface area contributed by atoms with Gasteiger partial charge in [0, 0.05) is 0 Å². The first-order chi connectivity index (χ1) is 5.89. The molecule has 84 valence electrons. The van der Waals surface area contributed by atoms with E-state index in [4.69, 9.17) is 0 Å². The third-order valence-corrected chi connectivity index (χ3v) is 3.46. The summed E-state index contributed by atoms with van der Waals surface area (Å²) in [5, 5.41) is 1.00. The molecule has 0 unspecified atom stereocenters. The Morgan fingerprint density at radius 1 is 0.643 bits per heavy atom. The normalized spacial score (nSPS) is 12.7. The lowest BCUT2D eigenvalue weighted by Crippen LogP contribution is -2.09. The highest BCUT2D eigenvalue weighted by molar-refractivity contribution is 6.14. The second-order valence-corrected chi connectivity index (χ2v) is 7.04. The Hall–Kier alpha value is 0.130. The van der Waals surface area contributed by atoms with E-state index in [1.807, 2.05) is 0 Å². The Bertz CT molecular complexity index is 117. The minimum atomic E-state index is 0.500. The molecule has 0 fully saturated rings. The van der Waals surface area contributed by atoms with Crippen LogP contribution in [0.2, 0.25) is 10.6 Å². The van der Waals surface area contributed by atoms with Crippen molar-refractivity contribution >= 4 is 15.7 Å². The van der Waals surface area contributed by atoms with E-state index in [0.717, 1.165) is 11.8 Å². The van der Waals surface area contributed by atoms with E-state index >= 15 is 0 Å². The molecular formula is C12H30B2. The third kappa shape index (κ3) is 10.2. The van der Waals surface area contributed by atoms with Crippen molar-refractivity contribution in [2.45, 2.75) is 66.0 Å². The van der Waals surface area contributed by atoms with E-state index in [-0.39, 0.29) is 0 Å². The van der Waals surface area contributed by atoms with Gasteiger partial charge in [0.2, 0.25) is 0 Å². The van der Waals surface area contributed by atoms with Crippen LogP contribution < -0.4 is 0 Å². The molecule has 0 saturated heterocycles. The quantitative estimate of drug-likeness (QED) is 0.595. The van der Waals surface area contributed by atoms with Crippen molar-refractivity contribution in [1.29, 1.82) is 0 Å². The minimum Gasteiger partial charge on any atom is -0.0670 e. The fourth-order valence-electron chi connectivity index (χ4n) is 0. The van der Waals surface area contributed by atoms with Gasteiger partial charge < -0.3 is 0 Å². The summed E-state index contributed by atoms with van der Waals surface area (Å²) in [7, 11) is 4.52. The number of hydrogen-bond donors (Lipinski definition) is 0. The molecule has 0 amide bonds. The van der Waals surface area contributed by atoms with Crippen molar-refractivity contribution in [2.75, 3.05) is 0 Å². The molecule has 0 nitrogen and oxygen atoms in total. The second-order valence-electron chi connectivity index (χ2n) is 7.04. The SMILES string of the molecule is BC(C)(C)C(C)C.BC(C)(C)C(C)C. The standard InChI is InChI=1S/2C6H15B/c2*1-5(2)6(3,4)7/h2*5H,7H2,1-4H3. The Balaban J connectivity index is 0. The monoisotopic (exact) mass is 196 g/mol. The zero-order chi connectivity index (χ0) is 12.2. The zero-order valence-corrected chi connectivity index (χ0v) is 12.2. The van der Waals surface area contributed by atoms with Gasteiger partial charge in [0.25, 0.3) is 0 Å². The molecule has 0 aliphatic heterocycles. The van der Waals surface area contributed by atoms with Crippen LogP contribution in [0, 0.1) is 11.8 Å². The van der Waals surface area contributed by atoms with Crippen LogP contribution in [-0.2, 0) is 0 Å². The molecule has 0 spiro atoms. The molecule has 0 heterocycles. The summed E-state index contributed by atoms with van der Waals surface area (Å²) in [6, 6.07) is 0. The molecule has 0 bridgehead atoms. The van der Waals surface area contributed by atoms with Gasteiger partial charge in [-0.05, 0) is 11.8 Å². The van der Waals surface area contributed by atoms with Gasteiger partial charge in [-0.2, -0.15) is 0 Å².